The summed E-state index contributed by atoms with van der Waals surface area (Å²) < 4.78 is 0. The number of benzene rings is 2. The van der Waals surface area contributed by atoms with Crippen LogP contribution in [-0.4, -0.2) is 16.3 Å². The van der Waals surface area contributed by atoms with Gasteiger partial charge in [-0.2, -0.15) is 5.10 Å². The summed E-state index contributed by atoms with van der Waals surface area (Å²) in [5.74, 6) is 0.478. The first-order chi connectivity index (χ1) is 12.5. The molecule has 2 aromatic carbocycles. The van der Waals surface area contributed by atoms with Crippen LogP contribution in [-0.2, 0) is 0 Å². The molecule has 0 aliphatic rings. The van der Waals surface area contributed by atoms with E-state index in [0.717, 1.165) is 5.69 Å². The van der Waals surface area contributed by atoms with Crippen molar-refractivity contribution in [2.45, 2.75) is 19.8 Å². The summed E-state index contributed by atoms with van der Waals surface area (Å²) in [6.07, 6.45) is 4.70. The normalized spacial score (nSPS) is 11.2. The van der Waals surface area contributed by atoms with E-state index in [9.17, 15) is 10.1 Å². The van der Waals surface area contributed by atoms with E-state index in [1.54, 1.807) is 30.4 Å². The summed E-state index contributed by atoms with van der Waals surface area (Å²) in [5.41, 5.74) is 5.38. The number of allylic oxidation sites excluding steroid dienone is 1. The van der Waals surface area contributed by atoms with Crippen molar-refractivity contribution in [2.75, 3.05) is 5.32 Å². The van der Waals surface area contributed by atoms with E-state index in [1.807, 2.05) is 24.3 Å². The number of para-hydroxylation sites is 1. The summed E-state index contributed by atoms with van der Waals surface area (Å²) in [6, 6.07) is 14.5. The standard InChI is InChI=1S/C19H20N4O2S/c1-14(2)15-9-11-17(12-10-15)21-19(26)22-20-13-5-7-16-6-3-4-8-18(16)23(24)25/h3-14H,1-2H3,(H2,21,22,26)/b7-5+,20-13-. The number of rotatable bonds is 6. The van der Waals surface area contributed by atoms with E-state index >= 15 is 0 Å². The number of hydrogen-bond acceptors (Lipinski definition) is 4. The molecule has 2 aromatic rings. The van der Waals surface area contributed by atoms with Crippen molar-refractivity contribution < 1.29 is 4.92 Å². The van der Waals surface area contributed by atoms with Crippen LogP contribution in [0.2, 0.25) is 0 Å². The predicted molar refractivity (Wildman–Crippen MR) is 111 cm³/mol. The van der Waals surface area contributed by atoms with E-state index in [2.05, 4.69) is 29.7 Å². The van der Waals surface area contributed by atoms with Gasteiger partial charge >= 0.3 is 0 Å². The highest BCUT2D eigenvalue weighted by Crippen LogP contribution is 2.18. The molecule has 0 aliphatic carbocycles. The Bertz CT molecular complexity index is 830. The number of thiocarbonyl (C=S) groups is 1. The molecule has 2 rings (SSSR count). The molecule has 0 saturated heterocycles. The molecule has 0 saturated carbocycles. The average molecular weight is 368 g/mol. The number of hydrazone groups is 1. The number of nitro groups is 1. The first-order valence-electron chi connectivity index (χ1n) is 8.07. The zero-order valence-corrected chi connectivity index (χ0v) is 15.4. The van der Waals surface area contributed by atoms with Crippen LogP contribution >= 0.6 is 12.2 Å². The molecule has 0 spiro atoms. The molecule has 6 nitrogen and oxygen atoms in total. The molecule has 134 valence electrons. The lowest BCUT2D eigenvalue weighted by Gasteiger charge is -2.09. The molecule has 0 amide bonds. The fourth-order valence-electron chi connectivity index (χ4n) is 2.19. The third-order valence-electron chi connectivity index (χ3n) is 3.57. The summed E-state index contributed by atoms with van der Waals surface area (Å²) in [7, 11) is 0. The van der Waals surface area contributed by atoms with Gasteiger partial charge in [0.15, 0.2) is 5.11 Å². The molecule has 0 bridgehead atoms. The molecule has 0 fully saturated rings. The minimum absolute atomic E-state index is 0.0483. The van der Waals surface area contributed by atoms with Gasteiger partial charge in [-0.1, -0.05) is 38.1 Å². The monoisotopic (exact) mass is 368 g/mol. The van der Waals surface area contributed by atoms with E-state index in [-0.39, 0.29) is 5.69 Å². The number of nitrogens with one attached hydrogen (secondary N) is 2. The van der Waals surface area contributed by atoms with Crippen molar-refractivity contribution in [3.8, 4) is 0 Å². The van der Waals surface area contributed by atoms with Gasteiger partial charge < -0.3 is 5.32 Å². The molecule has 2 N–H and O–H groups in total. The zero-order valence-electron chi connectivity index (χ0n) is 14.5. The second kappa shape index (κ2) is 9.43. The highest BCUT2D eigenvalue weighted by Gasteiger charge is 2.08. The Kier molecular flexibility index (Phi) is 6.99. The van der Waals surface area contributed by atoms with Crippen LogP contribution in [0.3, 0.4) is 0 Å². The number of nitro benzene ring substituents is 1. The Hall–Kier alpha value is -3.06. The van der Waals surface area contributed by atoms with Crippen molar-refractivity contribution in [1.82, 2.24) is 5.43 Å². The molecule has 26 heavy (non-hydrogen) atoms. The topological polar surface area (TPSA) is 79.6 Å². The maximum atomic E-state index is 10.9. The van der Waals surface area contributed by atoms with Crippen LogP contribution in [0.25, 0.3) is 6.08 Å². The maximum absolute atomic E-state index is 10.9. The minimum Gasteiger partial charge on any atom is -0.331 e. The largest absolute Gasteiger partial charge is 0.331 e. The van der Waals surface area contributed by atoms with Gasteiger partial charge in [-0.3, -0.25) is 15.5 Å². The van der Waals surface area contributed by atoms with Crippen molar-refractivity contribution in [2.24, 2.45) is 5.10 Å². The van der Waals surface area contributed by atoms with Crippen molar-refractivity contribution >= 4 is 41.0 Å². The Morgan fingerprint density at radius 3 is 2.54 bits per heavy atom. The Morgan fingerprint density at radius 2 is 1.88 bits per heavy atom. The fourth-order valence-corrected chi connectivity index (χ4v) is 2.36. The van der Waals surface area contributed by atoms with Gasteiger partial charge in [0.05, 0.1) is 10.5 Å². The highest BCUT2D eigenvalue weighted by molar-refractivity contribution is 7.80. The van der Waals surface area contributed by atoms with Crippen LogP contribution < -0.4 is 10.7 Å². The van der Waals surface area contributed by atoms with Gasteiger partial charge in [0.1, 0.15) is 0 Å². The van der Waals surface area contributed by atoms with Gasteiger partial charge in [0.2, 0.25) is 0 Å². The first kappa shape index (κ1) is 19.3. The molecular formula is C19H20N4O2S. The molecule has 0 radical (unpaired) electrons. The van der Waals surface area contributed by atoms with Gasteiger partial charge in [0, 0.05) is 18.0 Å². The van der Waals surface area contributed by atoms with Crippen molar-refractivity contribution in [1.29, 1.82) is 0 Å². The van der Waals surface area contributed by atoms with E-state index in [1.165, 1.54) is 17.8 Å². The van der Waals surface area contributed by atoms with Crippen molar-refractivity contribution in [3.05, 3.63) is 75.8 Å². The molecular weight excluding hydrogens is 348 g/mol. The van der Waals surface area contributed by atoms with Crippen LogP contribution in [0.15, 0.2) is 59.7 Å². The first-order valence-corrected chi connectivity index (χ1v) is 8.48. The fraction of sp³-hybridized carbons (Fsp3) is 0.158. The molecule has 0 atom stereocenters. The molecule has 0 heterocycles. The summed E-state index contributed by atoms with van der Waals surface area (Å²) in [6.45, 7) is 4.28. The second-order valence-electron chi connectivity index (χ2n) is 5.80. The molecule has 0 aromatic heterocycles. The van der Waals surface area contributed by atoms with Crippen LogP contribution in [0, 0.1) is 10.1 Å². The number of nitrogens with zero attached hydrogens (tertiary/aromatic N) is 2. The minimum atomic E-state index is -0.418. The predicted octanol–water partition coefficient (Wildman–Crippen LogP) is 4.70. The Balaban J connectivity index is 1.86. The third-order valence-corrected chi connectivity index (χ3v) is 3.76. The SMILES string of the molecule is CC(C)c1ccc(NC(=S)N/N=C\C=C\c2ccccc2[N+](=O)[O-])cc1. The lowest BCUT2D eigenvalue weighted by Crippen LogP contribution is -2.23. The van der Waals surface area contributed by atoms with Crippen LogP contribution in [0.4, 0.5) is 11.4 Å². The van der Waals surface area contributed by atoms with E-state index in [0.29, 0.717) is 16.6 Å². The van der Waals surface area contributed by atoms with E-state index < -0.39 is 4.92 Å². The maximum Gasteiger partial charge on any atom is 0.276 e. The molecule has 7 heteroatoms. The van der Waals surface area contributed by atoms with E-state index in [4.69, 9.17) is 12.2 Å². The summed E-state index contributed by atoms with van der Waals surface area (Å²) in [5, 5.41) is 18.3. The number of hydrogen-bond donors (Lipinski definition) is 2. The lowest BCUT2D eigenvalue weighted by molar-refractivity contribution is -0.385. The lowest BCUT2D eigenvalue weighted by atomic mass is 10.0. The average Bonchev–Trinajstić information content (AvgIpc) is 2.62. The smallest absolute Gasteiger partial charge is 0.276 e. The number of anilines is 1. The van der Waals surface area contributed by atoms with Gasteiger partial charge in [-0.15, -0.1) is 0 Å². The van der Waals surface area contributed by atoms with Gasteiger partial charge in [-0.05, 0) is 54.1 Å². The van der Waals surface area contributed by atoms with Crippen LogP contribution in [0.1, 0.15) is 30.9 Å². The van der Waals surface area contributed by atoms with Gasteiger partial charge in [-0.25, -0.2) is 0 Å². The quantitative estimate of drug-likeness (QED) is 0.334. The highest BCUT2D eigenvalue weighted by atomic mass is 32.1. The molecule has 0 aliphatic heterocycles. The zero-order chi connectivity index (χ0) is 18.9. The third kappa shape index (κ3) is 5.78. The Labute approximate surface area is 157 Å². The second-order valence-corrected chi connectivity index (χ2v) is 6.20. The van der Waals surface area contributed by atoms with Crippen molar-refractivity contribution in [3.63, 3.8) is 0 Å². The molecule has 0 unspecified atom stereocenters. The summed E-state index contributed by atoms with van der Waals surface area (Å²) >= 11 is 5.17. The van der Waals surface area contributed by atoms with Gasteiger partial charge in [0.25, 0.3) is 5.69 Å². The van der Waals surface area contributed by atoms with Crippen LogP contribution in [0.5, 0.6) is 0 Å². The summed E-state index contributed by atoms with van der Waals surface area (Å²) in [4.78, 5) is 10.5. The Morgan fingerprint density at radius 1 is 1.19 bits per heavy atom.